The maximum atomic E-state index is 9.17. The summed E-state index contributed by atoms with van der Waals surface area (Å²) in [5.74, 6) is 0. The highest BCUT2D eigenvalue weighted by molar-refractivity contribution is 4.89. The van der Waals surface area contributed by atoms with Gasteiger partial charge in [0.05, 0.1) is 6.61 Å². The largest absolute Gasteiger partial charge is 0.394 e. The summed E-state index contributed by atoms with van der Waals surface area (Å²) in [4.78, 5) is 0. The molecule has 0 fully saturated rings. The lowest BCUT2D eigenvalue weighted by Gasteiger charge is -2.32. The van der Waals surface area contributed by atoms with Crippen LogP contribution in [0.2, 0.25) is 0 Å². The molecule has 0 aromatic heterocycles. The standard InChI is InChI=1S/C6H16N2O5/c7-2-6(8,13)5(12)4(11)3(10)1-9/h3-5,9-13H,1-2,7-8H2/t3?,4?,5?,6-/m0/s1. The van der Waals surface area contributed by atoms with Crippen LogP contribution in [-0.4, -0.2) is 62.7 Å². The summed E-state index contributed by atoms with van der Waals surface area (Å²) in [6.45, 7) is -1.23. The van der Waals surface area contributed by atoms with E-state index in [1.807, 2.05) is 0 Å². The van der Waals surface area contributed by atoms with Crippen molar-refractivity contribution in [2.24, 2.45) is 11.5 Å². The molecule has 13 heavy (non-hydrogen) atoms. The Morgan fingerprint density at radius 1 is 1.23 bits per heavy atom. The van der Waals surface area contributed by atoms with E-state index < -0.39 is 37.2 Å². The van der Waals surface area contributed by atoms with Gasteiger partial charge in [-0.15, -0.1) is 0 Å². The predicted molar refractivity (Wildman–Crippen MR) is 43.3 cm³/mol. The molecule has 0 aliphatic carbocycles. The van der Waals surface area contributed by atoms with E-state index in [1.165, 1.54) is 0 Å². The zero-order chi connectivity index (χ0) is 10.6. The molecule has 0 aliphatic rings. The predicted octanol–water partition coefficient (Wildman–Crippen LogP) is -4.33. The summed E-state index contributed by atoms with van der Waals surface area (Å²) in [5, 5.41) is 44.7. The minimum Gasteiger partial charge on any atom is -0.394 e. The number of hydrogen-bond donors (Lipinski definition) is 7. The SMILES string of the molecule is NC[C@](N)(O)C(O)C(O)C(O)CO. The lowest BCUT2D eigenvalue weighted by Crippen LogP contribution is -2.62. The second-order valence-corrected chi connectivity index (χ2v) is 2.88. The molecule has 4 atom stereocenters. The van der Waals surface area contributed by atoms with Crippen molar-refractivity contribution in [3.05, 3.63) is 0 Å². The Labute approximate surface area is 75.2 Å². The average molecular weight is 196 g/mol. The van der Waals surface area contributed by atoms with Crippen molar-refractivity contribution < 1.29 is 25.5 Å². The molecule has 0 radical (unpaired) electrons. The highest BCUT2D eigenvalue weighted by Crippen LogP contribution is 2.09. The molecule has 0 rings (SSSR count). The van der Waals surface area contributed by atoms with Gasteiger partial charge in [0.2, 0.25) is 0 Å². The molecule has 0 spiro atoms. The summed E-state index contributed by atoms with van der Waals surface area (Å²) in [6, 6.07) is 0. The number of nitrogens with two attached hydrogens (primary N) is 2. The minimum atomic E-state index is -2.18. The Balaban J connectivity index is 4.32. The first kappa shape index (κ1) is 12.7. The van der Waals surface area contributed by atoms with E-state index in [0.29, 0.717) is 0 Å². The van der Waals surface area contributed by atoms with Gasteiger partial charge in [0.1, 0.15) is 18.3 Å². The zero-order valence-corrected chi connectivity index (χ0v) is 7.04. The van der Waals surface area contributed by atoms with E-state index in [9.17, 15) is 5.11 Å². The van der Waals surface area contributed by atoms with Crippen LogP contribution in [-0.2, 0) is 0 Å². The van der Waals surface area contributed by atoms with E-state index in [4.69, 9.17) is 31.9 Å². The van der Waals surface area contributed by atoms with Gasteiger partial charge in [-0.05, 0) is 0 Å². The second-order valence-electron chi connectivity index (χ2n) is 2.88. The van der Waals surface area contributed by atoms with Gasteiger partial charge >= 0.3 is 0 Å². The van der Waals surface area contributed by atoms with E-state index in [-0.39, 0.29) is 0 Å². The van der Waals surface area contributed by atoms with Crippen molar-refractivity contribution >= 4 is 0 Å². The molecule has 0 aromatic carbocycles. The van der Waals surface area contributed by atoms with Crippen LogP contribution < -0.4 is 11.5 Å². The van der Waals surface area contributed by atoms with Crippen LogP contribution in [0, 0.1) is 0 Å². The molecule has 0 heterocycles. The number of hydrogen-bond acceptors (Lipinski definition) is 7. The normalized spacial score (nSPS) is 23.3. The van der Waals surface area contributed by atoms with Gasteiger partial charge in [-0.2, -0.15) is 0 Å². The highest BCUT2D eigenvalue weighted by atomic mass is 16.4. The molecule has 0 aromatic rings. The third-order valence-corrected chi connectivity index (χ3v) is 1.74. The molecule has 0 bridgehead atoms. The van der Waals surface area contributed by atoms with E-state index in [1.54, 1.807) is 0 Å². The summed E-state index contributed by atoms with van der Waals surface area (Å²) in [7, 11) is 0. The first-order valence-electron chi connectivity index (χ1n) is 3.73. The van der Waals surface area contributed by atoms with Crippen molar-refractivity contribution in [3.8, 4) is 0 Å². The Bertz CT molecular complexity index is 154. The van der Waals surface area contributed by atoms with Gasteiger partial charge in [-0.3, -0.25) is 0 Å². The molecular formula is C6H16N2O5. The summed E-state index contributed by atoms with van der Waals surface area (Å²) in [5.41, 5.74) is 7.89. The Hall–Kier alpha value is -0.280. The minimum absolute atomic E-state index is 0.483. The zero-order valence-electron chi connectivity index (χ0n) is 7.04. The van der Waals surface area contributed by atoms with Gasteiger partial charge in [-0.25, -0.2) is 0 Å². The molecule has 0 amide bonds. The molecular weight excluding hydrogens is 180 g/mol. The van der Waals surface area contributed by atoms with Crippen molar-refractivity contribution in [2.75, 3.05) is 13.2 Å². The van der Waals surface area contributed by atoms with E-state index in [2.05, 4.69) is 0 Å². The van der Waals surface area contributed by atoms with Gasteiger partial charge in [-0.1, -0.05) is 0 Å². The van der Waals surface area contributed by atoms with Gasteiger partial charge < -0.3 is 37.0 Å². The van der Waals surface area contributed by atoms with Gasteiger partial charge in [0.15, 0.2) is 5.72 Å². The molecule has 7 heteroatoms. The maximum absolute atomic E-state index is 9.17. The van der Waals surface area contributed by atoms with Crippen LogP contribution >= 0.6 is 0 Å². The molecule has 0 saturated heterocycles. The van der Waals surface area contributed by atoms with Crippen LogP contribution in [0.3, 0.4) is 0 Å². The number of rotatable bonds is 5. The van der Waals surface area contributed by atoms with Crippen LogP contribution in [0.1, 0.15) is 0 Å². The van der Waals surface area contributed by atoms with Crippen molar-refractivity contribution in [3.63, 3.8) is 0 Å². The van der Waals surface area contributed by atoms with Gasteiger partial charge in [0.25, 0.3) is 0 Å². The molecule has 3 unspecified atom stereocenters. The fraction of sp³-hybridized carbons (Fsp3) is 1.00. The van der Waals surface area contributed by atoms with Crippen LogP contribution in [0.25, 0.3) is 0 Å². The van der Waals surface area contributed by atoms with E-state index in [0.717, 1.165) is 0 Å². The Kier molecular flexibility index (Phi) is 4.71. The van der Waals surface area contributed by atoms with Crippen LogP contribution in [0.5, 0.6) is 0 Å². The Morgan fingerprint density at radius 2 is 1.69 bits per heavy atom. The second kappa shape index (κ2) is 4.82. The van der Waals surface area contributed by atoms with Crippen LogP contribution in [0.15, 0.2) is 0 Å². The van der Waals surface area contributed by atoms with Crippen molar-refractivity contribution in [2.45, 2.75) is 24.0 Å². The maximum Gasteiger partial charge on any atom is 0.154 e. The third kappa shape index (κ3) is 3.16. The first-order valence-corrected chi connectivity index (χ1v) is 3.73. The highest BCUT2D eigenvalue weighted by Gasteiger charge is 2.38. The lowest BCUT2D eigenvalue weighted by atomic mass is 9.99. The first-order chi connectivity index (χ1) is 5.86. The smallest absolute Gasteiger partial charge is 0.154 e. The fourth-order valence-corrected chi connectivity index (χ4v) is 0.735. The molecule has 9 N–H and O–H groups in total. The molecule has 80 valence electrons. The van der Waals surface area contributed by atoms with Crippen molar-refractivity contribution in [1.82, 2.24) is 0 Å². The van der Waals surface area contributed by atoms with Crippen molar-refractivity contribution in [1.29, 1.82) is 0 Å². The molecule has 0 saturated carbocycles. The van der Waals surface area contributed by atoms with E-state index >= 15 is 0 Å². The fourth-order valence-electron chi connectivity index (χ4n) is 0.735. The third-order valence-electron chi connectivity index (χ3n) is 1.74. The quantitative estimate of drug-likeness (QED) is 0.219. The summed E-state index contributed by atoms with van der Waals surface area (Å²) >= 11 is 0. The average Bonchev–Trinajstić information content (AvgIpc) is 2.14. The lowest BCUT2D eigenvalue weighted by molar-refractivity contribution is -0.152. The topological polar surface area (TPSA) is 153 Å². The number of aliphatic hydroxyl groups is 5. The number of aliphatic hydroxyl groups excluding tert-OH is 4. The van der Waals surface area contributed by atoms with Gasteiger partial charge in [0, 0.05) is 6.54 Å². The summed E-state index contributed by atoms with van der Waals surface area (Å²) in [6.07, 6.45) is -5.14. The molecule has 7 nitrogen and oxygen atoms in total. The van der Waals surface area contributed by atoms with Crippen LogP contribution in [0.4, 0.5) is 0 Å². The summed E-state index contributed by atoms with van der Waals surface area (Å²) < 4.78 is 0. The Morgan fingerprint density at radius 3 is 2.00 bits per heavy atom. The monoisotopic (exact) mass is 196 g/mol. The molecule has 0 aliphatic heterocycles.